The molecular weight excluding hydrogens is 266 g/mol. The number of nitrogens with zero attached hydrogens (tertiary/aromatic N) is 1. The number of amides is 1. The number of carbonyl (C=O) groups is 1. The summed E-state index contributed by atoms with van der Waals surface area (Å²) in [6, 6.07) is 12.1. The summed E-state index contributed by atoms with van der Waals surface area (Å²) < 4.78 is 1.41. The maximum atomic E-state index is 12.4. The molecule has 0 unspecified atom stereocenters. The van der Waals surface area contributed by atoms with Gasteiger partial charge in [0.1, 0.15) is 5.54 Å². The van der Waals surface area contributed by atoms with Crippen LogP contribution in [0, 0.1) is 0 Å². The minimum atomic E-state index is -0.981. The number of anilines is 1. The average molecular weight is 285 g/mol. The van der Waals surface area contributed by atoms with Crippen LogP contribution in [0.15, 0.2) is 53.5 Å². The highest BCUT2D eigenvalue weighted by atomic mass is 16.2. The first kappa shape index (κ1) is 15.0. The number of rotatable bonds is 4. The zero-order valence-electron chi connectivity index (χ0n) is 12.2. The van der Waals surface area contributed by atoms with E-state index in [0.717, 1.165) is 5.56 Å². The summed E-state index contributed by atoms with van der Waals surface area (Å²) in [6.45, 7) is 3.87. The van der Waals surface area contributed by atoms with Crippen LogP contribution in [0.25, 0.3) is 0 Å². The van der Waals surface area contributed by atoms with E-state index in [1.165, 1.54) is 10.6 Å². The maximum Gasteiger partial charge on any atom is 0.251 e. The average Bonchev–Trinajstić information content (AvgIpc) is 2.48. The largest absolute Gasteiger partial charge is 0.326 e. The Balaban J connectivity index is 2.22. The number of hydrogen-bond acceptors (Lipinski definition) is 3. The van der Waals surface area contributed by atoms with Gasteiger partial charge in [0.25, 0.3) is 5.56 Å². The van der Waals surface area contributed by atoms with E-state index < -0.39 is 5.54 Å². The van der Waals surface area contributed by atoms with E-state index in [2.05, 4.69) is 5.32 Å². The minimum absolute atomic E-state index is 0.212. The standard InChI is InChI=1S/C16H19N3O2/c1-16(2,19-10-4-3-5-14(19)20)15(21)18-13-8-6-12(11-17)7-9-13/h3-10H,11,17H2,1-2H3,(H,18,21). The lowest BCUT2D eigenvalue weighted by Crippen LogP contribution is -2.45. The highest BCUT2D eigenvalue weighted by Gasteiger charge is 2.30. The molecule has 2 aromatic rings. The van der Waals surface area contributed by atoms with Crippen molar-refractivity contribution < 1.29 is 4.79 Å². The Morgan fingerprint density at radius 2 is 1.86 bits per heavy atom. The van der Waals surface area contributed by atoms with Gasteiger partial charge in [-0.1, -0.05) is 18.2 Å². The van der Waals surface area contributed by atoms with E-state index in [-0.39, 0.29) is 11.5 Å². The van der Waals surface area contributed by atoms with Gasteiger partial charge in [0.2, 0.25) is 5.91 Å². The quantitative estimate of drug-likeness (QED) is 0.897. The van der Waals surface area contributed by atoms with Crippen molar-refractivity contribution in [3.63, 3.8) is 0 Å². The maximum absolute atomic E-state index is 12.4. The fraction of sp³-hybridized carbons (Fsp3) is 0.250. The van der Waals surface area contributed by atoms with Crippen molar-refractivity contribution in [2.24, 2.45) is 5.73 Å². The number of benzene rings is 1. The molecule has 110 valence electrons. The number of nitrogens with two attached hydrogens (primary N) is 1. The van der Waals surface area contributed by atoms with Crippen LogP contribution in [0.3, 0.4) is 0 Å². The molecule has 2 rings (SSSR count). The first-order valence-corrected chi connectivity index (χ1v) is 6.74. The topological polar surface area (TPSA) is 77.1 Å². The molecule has 0 fully saturated rings. The van der Waals surface area contributed by atoms with E-state index in [1.54, 1.807) is 44.3 Å². The van der Waals surface area contributed by atoms with Gasteiger partial charge in [0, 0.05) is 24.5 Å². The van der Waals surface area contributed by atoms with Crippen molar-refractivity contribution in [2.45, 2.75) is 25.9 Å². The van der Waals surface area contributed by atoms with Crippen LogP contribution in [0.2, 0.25) is 0 Å². The summed E-state index contributed by atoms with van der Waals surface area (Å²) in [4.78, 5) is 24.3. The first-order chi connectivity index (χ1) is 9.95. The summed E-state index contributed by atoms with van der Waals surface area (Å²) in [5.74, 6) is -0.253. The molecule has 0 bridgehead atoms. The molecule has 0 spiro atoms. The van der Waals surface area contributed by atoms with Crippen molar-refractivity contribution in [2.75, 3.05) is 5.32 Å². The Morgan fingerprint density at radius 3 is 2.43 bits per heavy atom. The minimum Gasteiger partial charge on any atom is -0.326 e. The van der Waals surface area contributed by atoms with Crippen LogP contribution >= 0.6 is 0 Å². The number of hydrogen-bond donors (Lipinski definition) is 2. The molecule has 1 amide bonds. The molecule has 1 heterocycles. The Labute approximate surface area is 123 Å². The van der Waals surface area contributed by atoms with Gasteiger partial charge in [-0.05, 0) is 37.6 Å². The normalized spacial score (nSPS) is 11.2. The predicted molar refractivity (Wildman–Crippen MR) is 83.0 cm³/mol. The summed E-state index contributed by atoms with van der Waals surface area (Å²) in [7, 11) is 0. The smallest absolute Gasteiger partial charge is 0.251 e. The zero-order valence-corrected chi connectivity index (χ0v) is 12.2. The monoisotopic (exact) mass is 285 g/mol. The predicted octanol–water partition coefficient (Wildman–Crippen LogP) is 1.68. The number of carbonyl (C=O) groups excluding carboxylic acids is 1. The third-order valence-electron chi connectivity index (χ3n) is 3.43. The molecular formula is C16H19N3O2. The summed E-state index contributed by atoms with van der Waals surface area (Å²) in [5.41, 5.74) is 6.01. The van der Waals surface area contributed by atoms with Gasteiger partial charge in [-0.25, -0.2) is 0 Å². The van der Waals surface area contributed by atoms with E-state index in [4.69, 9.17) is 5.73 Å². The highest BCUT2D eigenvalue weighted by molar-refractivity contribution is 5.96. The zero-order chi connectivity index (χ0) is 15.5. The molecule has 0 atom stereocenters. The van der Waals surface area contributed by atoms with E-state index in [9.17, 15) is 9.59 Å². The molecule has 0 aliphatic rings. The fourth-order valence-corrected chi connectivity index (χ4v) is 2.01. The van der Waals surface area contributed by atoms with Crippen molar-refractivity contribution in [1.29, 1.82) is 0 Å². The Bertz CT molecular complexity index is 687. The van der Waals surface area contributed by atoms with Crippen molar-refractivity contribution in [1.82, 2.24) is 4.57 Å². The van der Waals surface area contributed by atoms with E-state index in [1.807, 2.05) is 12.1 Å². The lowest BCUT2D eigenvalue weighted by atomic mass is 10.0. The number of nitrogens with one attached hydrogen (secondary N) is 1. The third-order valence-corrected chi connectivity index (χ3v) is 3.43. The Hall–Kier alpha value is -2.40. The van der Waals surface area contributed by atoms with Crippen LogP contribution in [-0.4, -0.2) is 10.5 Å². The molecule has 0 aliphatic carbocycles. The molecule has 5 nitrogen and oxygen atoms in total. The highest BCUT2D eigenvalue weighted by Crippen LogP contribution is 2.17. The van der Waals surface area contributed by atoms with Crippen molar-refractivity contribution in [3.8, 4) is 0 Å². The van der Waals surface area contributed by atoms with Gasteiger partial charge in [0.05, 0.1) is 0 Å². The molecule has 21 heavy (non-hydrogen) atoms. The molecule has 5 heteroatoms. The SMILES string of the molecule is CC(C)(C(=O)Nc1ccc(CN)cc1)n1ccccc1=O. The van der Waals surface area contributed by atoms with Crippen LogP contribution in [0.1, 0.15) is 19.4 Å². The lowest BCUT2D eigenvalue weighted by Gasteiger charge is -2.26. The molecule has 0 aliphatic heterocycles. The summed E-state index contributed by atoms with van der Waals surface area (Å²) >= 11 is 0. The Morgan fingerprint density at radius 1 is 1.19 bits per heavy atom. The molecule has 0 saturated heterocycles. The molecule has 1 aromatic heterocycles. The molecule has 1 aromatic carbocycles. The van der Waals surface area contributed by atoms with Gasteiger partial charge < -0.3 is 15.6 Å². The summed E-state index contributed by atoms with van der Waals surface area (Å²) in [5, 5.41) is 2.82. The second-order valence-corrected chi connectivity index (χ2v) is 5.32. The van der Waals surface area contributed by atoms with E-state index in [0.29, 0.717) is 12.2 Å². The molecule has 3 N–H and O–H groups in total. The van der Waals surface area contributed by atoms with Crippen LogP contribution in [0.4, 0.5) is 5.69 Å². The van der Waals surface area contributed by atoms with Crippen LogP contribution in [-0.2, 0) is 16.9 Å². The van der Waals surface area contributed by atoms with Gasteiger partial charge in [-0.2, -0.15) is 0 Å². The third kappa shape index (κ3) is 3.20. The second-order valence-electron chi connectivity index (χ2n) is 5.32. The van der Waals surface area contributed by atoms with E-state index >= 15 is 0 Å². The first-order valence-electron chi connectivity index (χ1n) is 6.74. The van der Waals surface area contributed by atoms with Crippen LogP contribution in [0.5, 0.6) is 0 Å². The number of aromatic nitrogens is 1. The van der Waals surface area contributed by atoms with Gasteiger partial charge in [0.15, 0.2) is 0 Å². The Kier molecular flexibility index (Phi) is 4.23. The lowest BCUT2D eigenvalue weighted by molar-refractivity contribution is -0.123. The number of pyridine rings is 1. The molecule has 0 radical (unpaired) electrons. The van der Waals surface area contributed by atoms with Crippen molar-refractivity contribution >= 4 is 11.6 Å². The van der Waals surface area contributed by atoms with Gasteiger partial charge >= 0.3 is 0 Å². The second kappa shape index (κ2) is 5.93. The molecule has 0 saturated carbocycles. The van der Waals surface area contributed by atoms with Crippen molar-refractivity contribution in [3.05, 3.63) is 64.6 Å². The van der Waals surface area contributed by atoms with Gasteiger partial charge in [-0.15, -0.1) is 0 Å². The summed E-state index contributed by atoms with van der Waals surface area (Å²) in [6.07, 6.45) is 1.61. The fourth-order valence-electron chi connectivity index (χ4n) is 2.01. The van der Waals surface area contributed by atoms with Crippen LogP contribution < -0.4 is 16.6 Å². The van der Waals surface area contributed by atoms with Gasteiger partial charge in [-0.3, -0.25) is 9.59 Å².